The average Bonchev–Trinajstić information content (AvgIpc) is 2.67. The Bertz CT molecular complexity index is 624. The molecule has 1 aromatic carbocycles. The molecule has 0 aromatic heterocycles. The number of esters is 1. The van der Waals surface area contributed by atoms with Crippen molar-refractivity contribution in [1.82, 2.24) is 10.2 Å². The first-order valence-electron chi connectivity index (χ1n) is 9.67. The predicted molar refractivity (Wildman–Crippen MR) is 104 cm³/mol. The molecule has 1 atom stereocenters. The number of likely N-dealkylation sites (tertiary alicyclic amines) is 1. The van der Waals surface area contributed by atoms with Crippen LogP contribution in [0.5, 0.6) is 5.75 Å². The Morgan fingerprint density at radius 2 is 1.85 bits per heavy atom. The summed E-state index contributed by atoms with van der Waals surface area (Å²) in [6, 6.07) is 7.46. The molecule has 1 unspecified atom stereocenters. The van der Waals surface area contributed by atoms with Gasteiger partial charge in [0, 0.05) is 18.0 Å². The number of benzene rings is 1. The van der Waals surface area contributed by atoms with Crippen molar-refractivity contribution in [3.05, 3.63) is 29.8 Å². The summed E-state index contributed by atoms with van der Waals surface area (Å²) in [5.41, 5.74) is 1.16. The number of hydrogen-bond donors (Lipinski definition) is 1. The van der Waals surface area contributed by atoms with Crippen molar-refractivity contribution in [3.8, 4) is 5.75 Å². The second kappa shape index (κ2) is 10.3. The van der Waals surface area contributed by atoms with Gasteiger partial charge < -0.3 is 14.8 Å². The summed E-state index contributed by atoms with van der Waals surface area (Å²) < 4.78 is 10.3. The molecule has 1 fully saturated rings. The van der Waals surface area contributed by atoms with Crippen LogP contribution in [0.25, 0.3) is 0 Å². The van der Waals surface area contributed by atoms with Gasteiger partial charge in [-0.3, -0.25) is 9.69 Å². The molecule has 1 N–H and O–H groups in total. The molecule has 1 aliphatic heterocycles. The second-order valence-corrected chi connectivity index (χ2v) is 7.58. The van der Waals surface area contributed by atoms with Gasteiger partial charge in [-0.2, -0.15) is 0 Å². The summed E-state index contributed by atoms with van der Waals surface area (Å²) in [7, 11) is 3.04. The first-order valence-corrected chi connectivity index (χ1v) is 9.67. The molecule has 0 saturated carbocycles. The van der Waals surface area contributed by atoms with Gasteiger partial charge in [0.25, 0.3) is 0 Å². The zero-order chi connectivity index (χ0) is 19.8. The molecule has 1 aliphatic rings. The summed E-state index contributed by atoms with van der Waals surface area (Å²) in [6.07, 6.45) is 2.16. The lowest BCUT2D eigenvalue weighted by molar-refractivity contribution is -0.146. The number of carbonyl (C=O) groups is 2. The van der Waals surface area contributed by atoms with E-state index in [0.717, 1.165) is 43.8 Å². The number of nitrogens with zero attached hydrogens (tertiary/aromatic N) is 1. The van der Waals surface area contributed by atoms with Gasteiger partial charge in [-0.15, -0.1) is 0 Å². The molecule has 1 saturated heterocycles. The molecule has 150 valence electrons. The van der Waals surface area contributed by atoms with E-state index in [4.69, 9.17) is 9.47 Å². The van der Waals surface area contributed by atoms with E-state index in [0.29, 0.717) is 12.3 Å². The Morgan fingerprint density at radius 1 is 1.19 bits per heavy atom. The first kappa shape index (κ1) is 21.2. The lowest BCUT2D eigenvalue weighted by Gasteiger charge is -2.32. The van der Waals surface area contributed by atoms with Crippen LogP contribution in [-0.2, 0) is 20.9 Å². The highest BCUT2D eigenvalue weighted by molar-refractivity contribution is 5.85. The minimum atomic E-state index is -0.561. The van der Waals surface area contributed by atoms with E-state index in [2.05, 4.69) is 16.3 Å². The van der Waals surface area contributed by atoms with Crippen molar-refractivity contribution >= 4 is 11.9 Å². The second-order valence-electron chi connectivity index (χ2n) is 7.58. The van der Waals surface area contributed by atoms with E-state index in [1.54, 1.807) is 7.11 Å². The lowest BCUT2D eigenvalue weighted by Crippen LogP contribution is -2.47. The van der Waals surface area contributed by atoms with Gasteiger partial charge in [-0.25, -0.2) is 4.79 Å². The summed E-state index contributed by atoms with van der Waals surface area (Å²) in [6.45, 7) is 6.57. The molecule has 6 heteroatoms. The Morgan fingerprint density at radius 3 is 2.44 bits per heavy atom. The lowest BCUT2D eigenvalue weighted by atomic mass is 9.94. The Kier molecular flexibility index (Phi) is 8.10. The fraction of sp³-hybridized carbons (Fsp3) is 0.619. The van der Waals surface area contributed by atoms with Crippen LogP contribution in [0.15, 0.2) is 24.3 Å². The monoisotopic (exact) mass is 376 g/mol. The topological polar surface area (TPSA) is 67.9 Å². The quantitative estimate of drug-likeness (QED) is 0.707. The molecule has 0 aliphatic carbocycles. The van der Waals surface area contributed by atoms with Crippen molar-refractivity contribution in [2.24, 2.45) is 11.8 Å². The number of piperidine rings is 1. The Labute approximate surface area is 162 Å². The van der Waals surface area contributed by atoms with Gasteiger partial charge in [0.15, 0.2) is 0 Å². The van der Waals surface area contributed by atoms with Gasteiger partial charge in [0.05, 0.1) is 14.2 Å². The van der Waals surface area contributed by atoms with Crippen LogP contribution in [-0.4, -0.2) is 50.1 Å². The fourth-order valence-electron chi connectivity index (χ4n) is 3.55. The molecular formula is C21H32N2O4. The SMILES string of the molecule is COC(=O)C(CC(C)C)NC(=O)C1CCN(Cc2ccccc2OC)CC1. The van der Waals surface area contributed by atoms with E-state index in [1.165, 1.54) is 7.11 Å². The highest BCUT2D eigenvalue weighted by atomic mass is 16.5. The highest BCUT2D eigenvalue weighted by Gasteiger charge is 2.29. The molecule has 2 rings (SSSR count). The number of nitrogens with one attached hydrogen (secondary N) is 1. The molecule has 1 heterocycles. The number of hydrogen-bond acceptors (Lipinski definition) is 5. The zero-order valence-electron chi connectivity index (χ0n) is 16.9. The average molecular weight is 376 g/mol. The fourth-order valence-corrected chi connectivity index (χ4v) is 3.55. The summed E-state index contributed by atoms with van der Waals surface area (Å²) >= 11 is 0. The van der Waals surface area contributed by atoms with E-state index >= 15 is 0 Å². The first-order chi connectivity index (χ1) is 12.9. The van der Waals surface area contributed by atoms with Crippen LogP contribution in [0.3, 0.4) is 0 Å². The maximum absolute atomic E-state index is 12.6. The van der Waals surface area contributed by atoms with Crippen LogP contribution in [0.4, 0.5) is 0 Å². The van der Waals surface area contributed by atoms with E-state index in [-0.39, 0.29) is 17.8 Å². The van der Waals surface area contributed by atoms with Gasteiger partial charge >= 0.3 is 5.97 Å². The van der Waals surface area contributed by atoms with Crippen molar-refractivity contribution in [2.75, 3.05) is 27.3 Å². The summed E-state index contributed by atoms with van der Waals surface area (Å²) in [5, 5.41) is 2.90. The van der Waals surface area contributed by atoms with Gasteiger partial charge in [-0.1, -0.05) is 32.0 Å². The maximum atomic E-state index is 12.6. The van der Waals surface area contributed by atoms with Crippen molar-refractivity contribution in [2.45, 2.75) is 45.7 Å². The van der Waals surface area contributed by atoms with Crippen molar-refractivity contribution in [1.29, 1.82) is 0 Å². The van der Waals surface area contributed by atoms with Gasteiger partial charge in [0.1, 0.15) is 11.8 Å². The summed E-state index contributed by atoms with van der Waals surface area (Å²) in [5.74, 6) is 0.732. The van der Waals surface area contributed by atoms with Crippen molar-refractivity contribution in [3.63, 3.8) is 0 Å². The zero-order valence-corrected chi connectivity index (χ0v) is 16.9. The Balaban J connectivity index is 1.86. The molecule has 27 heavy (non-hydrogen) atoms. The van der Waals surface area contributed by atoms with Crippen LogP contribution >= 0.6 is 0 Å². The smallest absolute Gasteiger partial charge is 0.328 e. The number of para-hydroxylation sites is 1. The molecule has 0 spiro atoms. The van der Waals surface area contributed by atoms with Crippen LogP contribution in [0.1, 0.15) is 38.7 Å². The van der Waals surface area contributed by atoms with E-state index in [9.17, 15) is 9.59 Å². The minimum Gasteiger partial charge on any atom is -0.496 e. The standard InChI is InChI=1S/C21H32N2O4/c1-15(2)13-18(21(25)27-4)22-20(24)16-9-11-23(12-10-16)14-17-7-5-6-8-19(17)26-3/h5-8,15-16,18H,9-14H2,1-4H3,(H,22,24). The third kappa shape index (κ3) is 6.24. The van der Waals surface area contributed by atoms with Crippen LogP contribution < -0.4 is 10.1 Å². The number of carbonyl (C=O) groups excluding carboxylic acids is 2. The molecule has 6 nitrogen and oxygen atoms in total. The van der Waals surface area contributed by atoms with Gasteiger partial charge in [0.2, 0.25) is 5.91 Å². The van der Waals surface area contributed by atoms with E-state index in [1.807, 2.05) is 32.0 Å². The molecule has 0 radical (unpaired) electrons. The third-order valence-electron chi connectivity index (χ3n) is 5.05. The molecular weight excluding hydrogens is 344 g/mol. The highest BCUT2D eigenvalue weighted by Crippen LogP contribution is 2.24. The number of rotatable bonds is 8. The van der Waals surface area contributed by atoms with Gasteiger partial charge in [-0.05, 0) is 44.3 Å². The number of methoxy groups -OCH3 is 2. The normalized spacial score (nSPS) is 16.8. The maximum Gasteiger partial charge on any atom is 0.328 e. The predicted octanol–water partition coefficient (Wildman–Crippen LogP) is 2.61. The molecule has 0 bridgehead atoms. The van der Waals surface area contributed by atoms with E-state index < -0.39 is 6.04 Å². The molecule has 1 aromatic rings. The van der Waals surface area contributed by atoms with Crippen LogP contribution in [0.2, 0.25) is 0 Å². The molecule has 1 amide bonds. The van der Waals surface area contributed by atoms with Crippen LogP contribution in [0, 0.1) is 11.8 Å². The third-order valence-corrected chi connectivity index (χ3v) is 5.05. The summed E-state index contributed by atoms with van der Waals surface area (Å²) in [4.78, 5) is 26.9. The number of ether oxygens (including phenoxy) is 2. The number of amides is 1. The Hall–Kier alpha value is -2.08. The minimum absolute atomic E-state index is 0.0389. The largest absolute Gasteiger partial charge is 0.496 e. The van der Waals surface area contributed by atoms with Crippen molar-refractivity contribution < 1.29 is 19.1 Å².